The highest BCUT2D eigenvalue weighted by molar-refractivity contribution is 5.11. The van der Waals surface area contributed by atoms with Crippen LogP contribution in [0.2, 0.25) is 0 Å². The van der Waals surface area contributed by atoms with E-state index in [-0.39, 0.29) is 11.9 Å². The number of hydrogen-bond acceptors (Lipinski definition) is 3. The minimum atomic E-state index is -0.301. The van der Waals surface area contributed by atoms with Gasteiger partial charge in [-0.1, -0.05) is 32.6 Å². The van der Waals surface area contributed by atoms with Crippen LogP contribution in [0.1, 0.15) is 50.8 Å². The number of nitrogens with one attached hydrogen (secondary N) is 1. The Kier molecular flexibility index (Phi) is 4.66. The number of halogens is 1. The molecule has 1 aliphatic rings. The lowest BCUT2D eigenvalue weighted by molar-refractivity contribution is 0.173. The van der Waals surface area contributed by atoms with Gasteiger partial charge in [0.15, 0.2) is 0 Å². The van der Waals surface area contributed by atoms with Gasteiger partial charge in [-0.15, -0.1) is 0 Å². The molecule has 1 fully saturated rings. The molecule has 1 aromatic rings. The summed E-state index contributed by atoms with van der Waals surface area (Å²) in [5.41, 5.74) is 3.74. The number of nitrogens with zero attached hydrogens (tertiary/aromatic N) is 1. The van der Waals surface area contributed by atoms with Crippen LogP contribution < -0.4 is 11.3 Å². The largest absolute Gasteiger partial charge is 0.271 e. The van der Waals surface area contributed by atoms with Crippen LogP contribution in [0.25, 0.3) is 0 Å². The molecule has 0 radical (unpaired) electrons. The highest BCUT2D eigenvalue weighted by atomic mass is 19.1. The average molecular weight is 251 g/mol. The molecular formula is C14H22FN3. The normalized spacial score (nSPS) is 25.9. The fraction of sp³-hybridized carbons (Fsp3) is 0.643. The second-order valence-electron chi connectivity index (χ2n) is 5.16. The summed E-state index contributed by atoms with van der Waals surface area (Å²) in [6, 6.07) is 3.23. The molecule has 100 valence electrons. The van der Waals surface area contributed by atoms with Crippen molar-refractivity contribution in [2.45, 2.75) is 45.1 Å². The Balaban J connectivity index is 2.18. The number of rotatable bonds is 4. The van der Waals surface area contributed by atoms with E-state index in [1.807, 2.05) is 0 Å². The zero-order valence-electron chi connectivity index (χ0n) is 10.9. The molecular weight excluding hydrogens is 229 g/mol. The lowest BCUT2D eigenvalue weighted by atomic mass is 9.73. The minimum absolute atomic E-state index is 0.0378. The van der Waals surface area contributed by atoms with Crippen molar-refractivity contribution in [2.24, 2.45) is 17.7 Å². The maximum atomic E-state index is 12.9. The van der Waals surface area contributed by atoms with E-state index in [9.17, 15) is 4.39 Å². The van der Waals surface area contributed by atoms with Gasteiger partial charge < -0.3 is 0 Å². The third kappa shape index (κ3) is 2.87. The second-order valence-corrected chi connectivity index (χ2v) is 5.16. The molecule has 3 atom stereocenters. The topological polar surface area (TPSA) is 50.9 Å². The summed E-state index contributed by atoms with van der Waals surface area (Å²) in [6.07, 6.45) is 7.43. The Morgan fingerprint density at radius 1 is 1.44 bits per heavy atom. The number of aromatic nitrogens is 1. The lowest BCUT2D eigenvalue weighted by Gasteiger charge is -2.36. The lowest BCUT2D eigenvalue weighted by Crippen LogP contribution is -2.38. The van der Waals surface area contributed by atoms with Gasteiger partial charge in [0.25, 0.3) is 0 Å². The number of hydrogen-bond donors (Lipinski definition) is 2. The van der Waals surface area contributed by atoms with Crippen molar-refractivity contribution in [3.05, 3.63) is 29.8 Å². The summed E-state index contributed by atoms with van der Waals surface area (Å²) in [5, 5.41) is 0. The number of hydrazine groups is 1. The second kappa shape index (κ2) is 6.25. The Labute approximate surface area is 108 Å². The van der Waals surface area contributed by atoms with E-state index in [4.69, 9.17) is 5.84 Å². The molecule has 4 heteroatoms. The first-order valence-electron chi connectivity index (χ1n) is 6.83. The van der Waals surface area contributed by atoms with Gasteiger partial charge in [0, 0.05) is 0 Å². The molecule has 1 saturated carbocycles. The van der Waals surface area contributed by atoms with Crippen LogP contribution in [-0.4, -0.2) is 4.98 Å². The summed E-state index contributed by atoms with van der Waals surface area (Å²) in [5.74, 6) is 6.60. The molecule has 1 heterocycles. The van der Waals surface area contributed by atoms with E-state index in [0.717, 1.165) is 5.69 Å². The van der Waals surface area contributed by atoms with Crippen LogP contribution in [0, 0.1) is 17.7 Å². The summed E-state index contributed by atoms with van der Waals surface area (Å²) in [4.78, 5) is 4.18. The van der Waals surface area contributed by atoms with Crippen LogP contribution in [0.5, 0.6) is 0 Å². The molecule has 3 unspecified atom stereocenters. The van der Waals surface area contributed by atoms with Crippen molar-refractivity contribution in [1.82, 2.24) is 10.4 Å². The maximum Gasteiger partial charge on any atom is 0.141 e. The smallest absolute Gasteiger partial charge is 0.141 e. The van der Waals surface area contributed by atoms with E-state index >= 15 is 0 Å². The van der Waals surface area contributed by atoms with Crippen LogP contribution >= 0.6 is 0 Å². The van der Waals surface area contributed by atoms with Crippen molar-refractivity contribution in [3.8, 4) is 0 Å². The van der Waals surface area contributed by atoms with E-state index < -0.39 is 0 Å². The molecule has 0 amide bonds. The number of pyridine rings is 1. The molecule has 18 heavy (non-hydrogen) atoms. The van der Waals surface area contributed by atoms with Gasteiger partial charge in [0.1, 0.15) is 5.82 Å². The summed E-state index contributed by atoms with van der Waals surface area (Å²) >= 11 is 0. The van der Waals surface area contributed by atoms with E-state index in [1.54, 1.807) is 6.07 Å². The van der Waals surface area contributed by atoms with Gasteiger partial charge in [0.05, 0.1) is 17.9 Å². The van der Waals surface area contributed by atoms with Crippen molar-refractivity contribution in [2.75, 3.05) is 0 Å². The fourth-order valence-corrected chi connectivity index (χ4v) is 3.18. The predicted molar refractivity (Wildman–Crippen MR) is 70.0 cm³/mol. The Morgan fingerprint density at radius 3 is 2.83 bits per heavy atom. The van der Waals surface area contributed by atoms with E-state index in [1.165, 1.54) is 44.4 Å². The Hall–Kier alpha value is -1.00. The molecule has 0 aliphatic heterocycles. The molecule has 3 nitrogen and oxygen atoms in total. The van der Waals surface area contributed by atoms with Gasteiger partial charge in [-0.25, -0.2) is 4.39 Å². The molecule has 0 bridgehead atoms. The quantitative estimate of drug-likeness (QED) is 0.639. The maximum absolute atomic E-state index is 12.9. The fourth-order valence-electron chi connectivity index (χ4n) is 3.18. The van der Waals surface area contributed by atoms with Gasteiger partial charge in [0.2, 0.25) is 0 Å². The van der Waals surface area contributed by atoms with Crippen LogP contribution in [0.4, 0.5) is 4.39 Å². The van der Waals surface area contributed by atoms with Crippen LogP contribution in [0.3, 0.4) is 0 Å². The van der Waals surface area contributed by atoms with Gasteiger partial charge in [-0.2, -0.15) is 0 Å². The highest BCUT2D eigenvalue weighted by Crippen LogP contribution is 2.39. The summed E-state index contributed by atoms with van der Waals surface area (Å²) < 4.78 is 12.9. The van der Waals surface area contributed by atoms with E-state index in [2.05, 4.69) is 17.3 Å². The van der Waals surface area contributed by atoms with Crippen LogP contribution in [0.15, 0.2) is 18.3 Å². The first-order valence-corrected chi connectivity index (χ1v) is 6.83. The van der Waals surface area contributed by atoms with Gasteiger partial charge in [-0.05, 0) is 30.4 Å². The molecule has 1 aromatic heterocycles. The molecule has 0 aromatic carbocycles. The standard InChI is InChI=1S/C14H22FN3/c1-2-10-5-3-4-6-12(10)14(18-16)13-8-7-11(15)9-17-13/h7-10,12,14,18H,2-6,16H2,1H3. The molecule has 3 N–H and O–H groups in total. The summed E-state index contributed by atoms with van der Waals surface area (Å²) in [6.45, 7) is 2.23. The minimum Gasteiger partial charge on any atom is -0.271 e. The van der Waals surface area contributed by atoms with E-state index in [0.29, 0.717) is 11.8 Å². The third-order valence-corrected chi connectivity index (χ3v) is 4.17. The van der Waals surface area contributed by atoms with Crippen molar-refractivity contribution < 1.29 is 4.39 Å². The van der Waals surface area contributed by atoms with Gasteiger partial charge >= 0.3 is 0 Å². The third-order valence-electron chi connectivity index (χ3n) is 4.17. The number of nitrogens with two attached hydrogens (primary N) is 1. The Morgan fingerprint density at radius 2 is 2.22 bits per heavy atom. The first-order chi connectivity index (χ1) is 8.76. The van der Waals surface area contributed by atoms with Crippen molar-refractivity contribution in [1.29, 1.82) is 0 Å². The molecule has 0 saturated heterocycles. The molecule has 1 aliphatic carbocycles. The predicted octanol–water partition coefficient (Wildman–Crippen LogP) is 2.94. The monoisotopic (exact) mass is 251 g/mol. The zero-order valence-corrected chi connectivity index (χ0v) is 10.9. The zero-order chi connectivity index (χ0) is 13.0. The molecule has 0 spiro atoms. The van der Waals surface area contributed by atoms with Crippen molar-refractivity contribution in [3.63, 3.8) is 0 Å². The SMILES string of the molecule is CCC1CCCCC1C(NN)c1ccc(F)cn1. The average Bonchev–Trinajstić information content (AvgIpc) is 2.42. The summed E-state index contributed by atoms with van der Waals surface area (Å²) in [7, 11) is 0. The van der Waals surface area contributed by atoms with Crippen LogP contribution in [-0.2, 0) is 0 Å². The Bertz CT molecular complexity index is 366. The van der Waals surface area contributed by atoms with Gasteiger partial charge in [-0.3, -0.25) is 16.3 Å². The first kappa shape index (κ1) is 13.4. The highest BCUT2D eigenvalue weighted by Gasteiger charge is 2.31. The molecule has 2 rings (SSSR count). The van der Waals surface area contributed by atoms with Crippen molar-refractivity contribution >= 4 is 0 Å².